The summed E-state index contributed by atoms with van der Waals surface area (Å²) in [7, 11) is 0. The highest BCUT2D eigenvalue weighted by atomic mass is 79.9. The van der Waals surface area contributed by atoms with E-state index in [2.05, 4.69) is 68.3 Å². The molecule has 2 aromatic rings. The second-order valence-corrected chi connectivity index (χ2v) is 14.6. The van der Waals surface area contributed by atoms with Crippen molar-refractivity contribution in [3.05, 3.63) is 56.5 Å². The minimum atomic E-state index is -0.442. The Kier molecular flexibility index (Phi) is 10.9. The highest BCUT2D eigenvalue weighted by molar-refractivity contribution is 9.10. The Labute approximate surface area is 251 Å². The van der Waals surface area contributed by atoms with Crippen LogP contribution in [0.15, 0.2) is 45.3 Å². The van der Waals surface area contributed by atoms with Crippen LogP contribution in [0.1, 0.15) is 117 Å². The number of benzene rings is 2. The normalized spacial score (nSPS) is 14.1. The largest absolute Gasteiger partial charge is 0.460 e. The molecule has 0 unspecified atom stereocenters. The first kappa shape index (κ1) is 31.9. The predicted octanol–water partition coefficient (Wildman–Crippen LogP) is 10.1. The van der Waals surface area contributed by atoms with Crippen LogP contribution < -0.4 is 0 Å². The molecule has 6 heteroatoms. The molecule has 0 atom stereocenters. The molecule has 0 heterocycles. The Balaban J connectivity index is 1.74. The van der Waals surface area contributed by atoms with Crippen molar-refractivity contribution in [2.75, 3.05) is 0 Å². The van der Waals surface area contributed by atoms with Gasteiger partial charge in [-0.25, -0.2) is 0 Å². The van der Waals surface area contributed by atoms with Gasteiger partial charge in [0.25, 0.3) is 0 Å². The molecule has 0 aliphatic heterocycles. The summed E-state index contributed by atoms with van der Waals surface area (Å²) in [6.07, 6.45) is 8.62. The summed E-state index contributed by atoms with van der Waals surface area (Å²) < 4.78 is 13.2. The molecule has 3 rings (SSSR count). The first-order chi connectivity index (χ1) is 18.2. The van der Waals surface area contributed by atoms with Crippen molar-refractivity contribution < 1.29 is 19.1 Å². The van der Waals surface area contributed by atoms with Gasteiger partial charge in [-0.05, 0) is 114 Å². The molecule has 0 amide bonds. The molecule has 0 bridgehead atoms. The Bertz CT molecular complexity index is 1070. The second-order valence-electron chi connectivity index (χ2n) is 12.8. The van der Waals surface area contributed by atoms with Gasteiger partial charge < -0.3 is 9.47 Å². The van der Waals surface area contributed by atoms with E-state index in [0.717, 1.165) is 60.3 Å². The zero-order chi connectivity index (χ0) is 28.8. The monoisotopic (exact) mass is 662 g/mol. The van der Waals surface area contributed by atoms with Crippen LogP contribution in [0.2, 0.25) is 0 Å². The smallest absolute Gasteiger partial charge is 0.306 e. The Morgan fingerprint density at radius 2 is 1.03 bits per heavy atom. The molecule has 39 heavy (non-hydrogen) atoms. The van der Waals surface area contributed by atoms with Crippen LogP contribution >= 0.6 is 31.9 Å². The van der Waals surface area contributed by atoms with E-state index in [1.807, 2.05) is 41.5 Å². The Hall–Kier alpha value is -1.66. The van der Waals surface area contributed by atoms with Gasteiger partial charge in [0.1, 0.15) is 11.2 Å². The quantitative estimate of drug-likeness (QED) is 0.167. The molecule has 1 aliphatic carbocycles. The molecular formula is C33H44Br2O4. The van der Waals surface area contributed by atoms with Crippen LogP contribution in [-0.2, 0) is 24.5 Å². The van der Waals surface area contributed by atoms with Crippen molar-refractivity contribution in [2.24, 2.45) is 0 Å². The minimum Gasteiger partial charge on any atom is -0.460 e. The maximum absolute atomic E-state index is 12.2. The number of hydrogen-bond acceptors (Lipinski definition) is 4. The van der Waals surface area contributed by atoms with Crippen molar-refractivity contribution in [1.82, 2.24) is 0 Å². The number of ether oxygens (including phenoxy) is 2. The lowest BCUT2D eigenvalue weighted by molar-refractivity contribution is -0.156. The molecule has 0 saturated carbocycles. The summed E-state index contributed by atoms with van der Waals surface area (Å²) in [5.41, 5.74) is 4.39. The number of hydrogen-bond donors (Lipinski definition) is 0. The van der Waals surface area contributed by atoms with E-state index in [9.17, 15) is 9.59 Å². The lowest BCUT2D eigenvalue weighted by atomic mass is 9.70. The number of unbranched alkanes of at least 4 members (excludes halogenated alkanes) is 4. The standard InChI is InChI=1S/C33H44Br2O4/c1-31(2,3)38-29(36)13-9-7-11-19-33(20-12-8-10-14-30(37)39-32(4,5)6)27-21-23(34)15-17-25(27)26-18-16-24(35)22-28(26)33/h15-18,21-22H,7-14,19-20H2,1-6H3. The van der Waals surface area contributed by atoms with Gasteiger partial charge in [0.2, 0.25) is 0 Å². The van der Waals surface area contributed by atoms with Crippen LogP contribution in [0.3, 0.4) is 0 Å². The minimum absolute atomic E-state index is 0.101. The molecule has 0 radical (unpaired) electrons. The Morgan fingerprint density at radius 3 is 1.38 bits per heavy atom. The van der Waals surface area contributed by atoms with Gasteiger partial charge in [-0.3, -0.25) is 9.59 Å². The fraction of sp³-hybridized carbons (Fsp3) is 0.576. The third-order valence-corrected chi connectivity index (χ3v) is 8.08. The zero-order valence-electron chi connectivity index (χ0n) is 24.4. The van der Waals surface area contributed by atoms with Gasteiger partial charge in [-0.15, -0.1) is 0 Å². The van der Waals surface area contributed by atoms with E-state index in [-0.39, 0.29) is 17.4 Å². The molecule has 214 valence electrons. The molecule has 0 N–H and O–H groups in total. The predicted molar refractivity (Wildman–Crippen MR) is 166 cm³/mol. The van der Waals surface area contributed by atoms with Gasteiger partial charge in [-0.2, -0.15) is 0 Å². The van der Waals surface area contributed by atoms with Crippen molar-refractivity contribution in [3.63, 3.8) is 0 Å². The number of fused-ring (bicyclic) bond motifs is 3. The van der Waals surface area contributed by atoms with E-state index in [0.29, 0.717) is 12.8 Å². The van der Waals surface area contributed by atoms with Crippen molar-refractivity contribution >= 4 is 43.8 Å². The van der Waals surface area contributed by atoms with Crippen molar-refractivity contribution in [3.8, 4) is 11.1 Å². The van der Waals surface area contributed by atoms with E-state index in [1.54, 1.807) is 0 Å². The first-order valence-corrected chi connectivity index (χ1v) is 15.8. The Morgan fingerprint density at radius 1 is 0.641 bits per heavy atom. The average molecular weight is 665 g/mol. The molecule has 1 aliphatic rings. The molecule has 0 aromatic heterocycles. The van der Waals surface area contributed by atoms with Crippen molar-refractivity contribution in [2.45, 2.75) is 122 Å². The first-order valence-electron chi connectivity index (χ1n) is 14.2. The third kappa shape index (κ3) is 9.18. The van der Waals surface area contributed by atoms with Crippen LogP contribution in [0.25, 0.3) is 11.1 Å². The summed E-state index contributed by atoms with van der Waals surface area (Å²) in [5, 5.41) is 0. The number of carbonyl (C=O) groups excluding carboxylic acids is 2. The number of esters is 2. The molecule has 0 spiro atoms. The molecular weight excluding hydrogens is 620 g/mol. The summed E-state index contributed by atoms with van der Waals surface area (Å²) in [5.74, 6) is -0.238. The van der Waals surface area contributed by atoms with Crippen LogP contribution in [0, 0.1) is 0 Å². The number of carbonyl (C=O) groups is 2. The van der Waals surface area contributed by atoms with Crippen LogP contribution in [0.5, 0.6) is 0 Å². The maximum Gasteiger partial charge on any atom is 0.306 e. The van der Waals surface area contributed by atoms with Gasteiger partial charge in [0.05, 0.1) is 0 Å². The van der Waals surface area contributed by atoms with Gasteiger partial charge in [0.15, 0.2) is 0 Å². The number of rotatable bonds is 12. The van der Waals surface area contributed by atoms with Crippen LogP contribution in [0.4, 0.5) is 0 Å². The van der Waals surface area contributed by atoms with E-state index >= 15 is 0 Å². The van der Waals surface area contributed by atoms with Gasteiger partial charge in [0, 0.05) is 27.2 Å². The lowest BCUT2D eigenvalue weighted by Crippen LogP contribution is -2.26. The van der Waals surface area contributed by atoms with E-state index in [1.165, 1.54) is 22.3 Å². The van der Waals surface area contributed by atoms with E-state index in [4.69, 9.17) is 9.47 Å². The van der Waals surface area contributed by atoms with Crippen molar-refractivity contribution in [1.29, 1.82) is 0 Å². The summed E-state index contributed by atoms with van der Waals surface area (Å²) in [6, 6.07) is 13.3. The van der Waals surface area contributed by atoms with Gasteiger partial charge >= 0.3 is 11.9 Å². The third-order valence-electron chi connectivity index (χ3n) is 7.09. The molecule has 2 aromatic carbocycles. The summed E-state index contributed by atoms with van der Waals surface area (Å²) in [6.45, 7) is 11.5. The van der Waals surface area contributed by atoms with Crippen LogP contribution in [-0.4, -0.2) is 23.1 Å². The summed E-state index contributed by atoms with van der Waals surface area (Å²) >= 11 is 7.46. The lowest BCUT2D eigenvalue weighted by Gasteiger charge is -2.33. The second kappa shape index (κ2) is 13.3. The highest BCUT2D eigenvalue weighted by Crippen LogP contribution is 2.55. The molecule has 0 saturated heterocycles. The fourth-order valence-corrected chi connectivity index (χ4v) is 6.36. The SMILES string of the molecule is CC(C)(C)OC(=O)CCCCCC1(CCCCCC(=O)OC(C)(C)C)c2cc(Br)ccc2-c2ccc(Br)cc21. The summed E-state index contributed by atoms with van der Waals surface area (Å²) in [4.78, 5) is 24.4. The topological polar surface area (TPSA) is 52.6 Å². The maximum atomic E-state index is 12.2. The highest BCUT2D eigenvalue weighted by Gasteiger charge is 2.42. The van der Waals surface area contributed by atoms with E-state index < -0.39 is 11.2 Å². The molecule has 4 nitrogen and oxygen atoms in total. The average Bonchev–Trinajstić information content (AvgIpc) is 3.05. The number of halogens is 2. The fourth-order valence-electron chi connectivity index (χ4n) is 5.63. The zero-order valence-corrected chi connectivity index (χ0v) is 27.6. The molecule has 0 fully saturated rings. The van der Waals surface area contributed by atoms with Gasteiger partial charge in [-0.1, -0.05) is 69.7 Å².